The molecule has 0 aliphatic carbocycles. The fourth-order valence-corrected chi connectivity index (χ4v) is 1.92. The van der Waals surface area contributed by atoms with Crippen LogP contribution in [-0.4, -0.2) is 16.7 Å². The summed E-state index contributed by atoms with van der Waals surface area (Å²) in [6.07, 6.45) is 1.28. The van der Waals surface area contributed by atoms with Crippen LogP contribution in [0, 0.1) is 5.92 Å². The van der Waals surface area contributed by atoms with Crippen LogP contribution in [-0.2, 0) is 13.2 Å². The molecule has 0 atom stereocenters. The highest BCUT2D eigenvalue weighted by Gasteiger charge is 2.07. The molecule has 0 saturated carbocycles. The molecule has 0 amide bonds. The molecule has 5 nitrogen and oxygen atoms in total. The molecule has 2 aromatic rings. The van der Waals surface area contributed by atoms with E-state index in [4.69, 9.17) is 16.3 Å². The van der Waals surface area contributed by atoms with Gasteiger partial charge in [-0.3, -0.25) is 0 Å². The lowest BCUT2D eigenvalue weighted by Gasteiger charge is -2.12. The second-order valence-electron chi connectivity index (χ2n) is 4.91. The summed E-state index contributed by atoms with van der Waals surface area (Å²) >= 11 is 6.03. The molecule has 2 rings (SSSR count). The van der Waals surface area contributed by atoms with E-state index in [2.05, 4.69) is 33.8 Å². The van der Waals surface area contributed by atoms with Gasteiger partial charge >= 0.3 is 0 Å². The van der Waals surface area contributed by atoms with Crippen molar-refractivity contribution in [2.75, 3.05) is 6.54 Å². The molecule has 0 radical (unpaired) electrons. The van der Waals surface area contributed by atoms with Crippen LogP contribution in [0.15, 0.2) is 29.1 Å². The fraction of sp³-hybridized carbons (Fsp3) is 0.429. The number of nitrogens with one attached hydrogen (secondary N) is 1. The van der Waals surface area contributed by atoms with Gasteiger partial charge in [0.15, 0.2) is 6.61 Å². The maximum absolute atomic E-state index is 6.03. The minimum absolute atomic E-state index is 0.273. The molecule has 6 heteroatoms. The van der Waals surface area contributed by atoms with Gasteiger partial charge in [0.1, 0.15) is 5.75 Å². The lowest BCUT2D eigenvalue weighted by molar-refractivity contribution is 0.283. The monoisotopic (exact) mass is 295 g/mol. The summed E-state index contributed by atoms with van der Waals surface area (Å²) in [7, 11) is 0. The standard InChI is InChI=1S/C14H18ClN3O2/c1-10(2)6-16-7-11-5-12(15)3-4-13(11)19-8-14-17-9-20-18-14/h3-5,9-10,16H,6-8H2,1-2H3. The second kappa shape index (κ2) is 7.26. The first-order valence-electron chi connectivity index (χ1n) is 6.52. The Kier molecular flexibility index (Phi) is 5.38. The Balaban J connectivity index is 1.99. The van der Waals surface area contributed by atoms with Gasteiger partial charge in [0.2, 0.25) is 12.2 Å². The maximum atomic E-state index is 6.03. The van der Waals surface area contributed by atoms with Crippen molar-refractivity contribution in [3.05, 3.63) is 41.0 Å². The van der Waals surface area contributed by atoms with E-state index in [1.54, 1.807) is 6.07 Å². The van der Waals surface area contributed by atoms with Gasteiger partial charge in [0.25, 0.3) is 0 Å². The minimum atomic E-state index is 0.273. The summed E-state index contributed by atoms with van der Waals surface area (Å²) in [5, 5.41) is 7.78. The van der Waals surface area contributed by atoms with Crippen LogP contribution < -0.4 is 10.1 Å². The van der Waals surface area contributed by atoms with Crippen LogP contribution in [0.5, 0.6) is 5.75 Å². The normalized spacial score (nSPS) is 11.0. The van der Waals surface area contributed by atoms with Gasteiger partial charge in [-0.25, -0.2) is 0 Å². The van der Waals surface area contributed by atoms with Gasteiger partial charge in [0.05, 0.1) is 0 Å². The second-order valence-corrected chi connectivity index (χ2v) is 5.35. The van der Waals surface area contributed by atoms with Crippen LogP contribution >= 0.6 is 11.6 Å². The Bertz CT molecular complexity index is 529. The van der Waals surface area contributed by atoms with Crippen LogP contribution in [0.25, 0.3) is 0 Å². The predicted octanol–water partition coefficient (Wildman–Crippen LogP) is 3.05. The average Bonchev–Trinajstić information content (AvgIpc) is 2.90. The van der Waals surface area contributed by atoms with Crippen molar-refractivity contribution in [2.24, 2.45) is 5.92 Å². The lowest BCUT2D eigenvalue weighted by Crippen LogP contribution is -2.19. The summed E-state index contributed by atoms with van der Waals surface area (Å²) in [6, 6.07) is 5.56. The highest BCUT2D eigenvalue weighted by atomic mass is 35.5. The van der Waals surface area contributed by atoms with Crippen molar-refractivity contribution in [1.82, 2.24) is 15.5 Å². The van der Waals surface area contributed by atoms with E-state index in [0.29, 0.717) is 23.3 Å². The first-order chi connectivity index (χ1) is 9.65. The van der Waals surface area contributed by atoms with E-state index in [1.165, 1.54) is 6.39 Å². The Labute approximate surface area is 123 Å². The zero-order valence-electron chi connectivity index (χ0n) is 11.6. The molecule has 1 aromatic carbocycles. The molecule has 0 aliphatic heterocycles. The van der Waals surface area contributed by atoms with Crippen LogP contribution in [0.4, 0.5) is 0 Å². The molecule has 0 unspecified atom stereocenters. The van der Waals surface area contributed by atoms with E-state index in [1.807, 2.05) is 12.1 Å². The molecule has 0 aliphatic rings. The van der Waals surface area contributed by atoms with Gasteiger partial charge in [-0.2, -0.15) is 4.98 Å². The Morgan fingerprint density at radius 2 is 2.25 bits per heavy atom. The fourth-order valence-electron chi connectivity index (χ4n) is 1.72. The third kappa shape index (κ3) is 4.51. The molecule has 1 N–H and O–H groups in total. The number of hydrogen-bond donors (Lipinski definition) is 1. The van der Waals surface area contributed by atoms with Gasteiger partial charge in [-0.1, -0.05) is 30.6 Å². The number of hydrogen-bond acceptors (Lipinski definition) is 5. The van der Waals surface area contributed by atoms with Gasteiger partial charge in [-0.05, 0) is 30.7 Å². The molecule has 0 fully saturated rings. The van der Waals surface area contributed by atoms with Crippen molar-refractivity contribution in [2.45, 2.75) is 27.0 Å². The summed E-state index contributed by atoms with van der Waals surface area (Å²) in [5.41, 5.74) is 1.02. The van der Waals surface area contributed by atoms with Crippen molar-refractivity contribution in [3.63, 3.8) is 0 Å². The predicted molar refractivity (Wildman–Crippen MR) is 76.6 cm³/mol. The Hall–Kier alpha value is -1.59. The summed E-state index contributed by atoms with van der Waals surface area (Å²) in [5.74, 6) is 1.88. The van der Waals surface area contributed by atoms with Crippen molar-refractivity contribution in [3.8, 4) is 5.75 Å². The number of benzene rings is 1. The highest BCUT2D eigenvalue weighted by Crippen LogP contribution is 2.23. The molecule has 1 aromatic heterocycles. The summed E-state index contributed by atoms with van der Waals surface area (Å²) in [4.78, 5) is 3.92. The zero-order valence-corrected chi connectivity index (χ0v) is 12.4. The molecular weight excluding hydrogens is 278 g/mol. The number of nitrogens with zero attached hydrogens (tertiary/aromatic N) is 2. The quantitative estimate of drug-likeness (QED) is 0.851. The highest BCUT2D eigenvalue weighted by molar-refractivity contribution is 6.30. The van der Waals surface area contributed by atoms with Gasteiger partial charge in [-0.15, -0.1) is 0 Å². The van der Waals surface area contributed by atoms with Crippen molar-refractivity contribution >= 4 is 11.6 Å². The largest absolute Gasteiger partial charge is 0.485 e. The molecule has 0 saturated heterocycles. The molecule has 0 bridgehead atoms. The Morgan fingerprint density at radius 3 is 2.95 bits per heavy atom. The van der Waals surface area contributed by atoms with E-state index in [9.17, 15) is 0 Å². The lowest BCUT2D eigenvalue weighted by atomic mass is 10.2. The van der Waals surface area contributed by atoms with Gasteiger partial charge in [0, 0.05) is 17.1 Å². The van der Waals surface area contributed by atoms with E-state index in [0.717, 1.165) is 17.9 Å². The van der Waals surface area contributed by atoms with Crippen molar-refractivity contribution in [1.29, 1.82) is 0 Å². The van der Waals surface area contributed by atoms with Crippen LogP contribution in [0.3, 0.4) is 0 Å². The number of rotatable bonds is 7. The Morgan fingerprint density at radius 1 is 1.40 bits per heavy atom. The maximum Gasteiger partial charge on any atom is 0.213 e. The SMILES string of the molecule is CC(C)CNCc1cc(Cl)ccc1OCc1ncon1. The first kappa shape index (κ1) is 14.8. The zero-order chi connectivity index (χ0) is 14.4. The smallest absolute Gasteiger partial charge is 0.213 e. The molecule has 108 valence electrons. The number of ether oxygens (including phenoxy) is 1. The minimum Gasteiger partial charge on any atom is -0.485 e. The first-order valence-corrected chi connectivity index (χ1v) is 6.90. The topological polar surface area (TPSA) is 60.2 Å². The van der Waals surface area contributed by atoms with Crippen molar-refractivity contribution < 1.29 is 9.26 Å². The molecular formula is C14H18ClN3O2. The van der Waals surface area contributed by atoms with E-state index < -0.39 is 0 Å². The summed E-state index contributed by atoms with van der Waals surface area (Å²) in [6.45, 7) is 6.25. The molecule has 1 heterocycles. The number of halogens is 1. The van der Waals surface area contributed by atoms with Crippen LogP contribution in [0.1, 0.15) is 25.2 Å². The third-order valence-corrected chi connectivity index (χ3v) is 2.89. The van der Waals surface area contributed by atoms with E-state index >= 15 is 0 Å². The van der Waals surface area contributed by atoms with E-state index in [-0.39, 0.29) is 6.61 Å². The third-order valence-electron chi connectivity index (χ3n) is 2.65. The molecule has 0 spiro atoms. The van der Waals surface area contributed by atoms with Crippen LogP contribution in [0.2, 0.25) is 5.02 Å². The number of aromatic nitrogens is 2. The average molecular weight is 296 g/mol. The summed E-state index contributed by atoms with van der Waals surface area (Å²) < 4.78 is 10.4. The van der Waals surface area contributed by atoms with Gasteiger partial charge < -0.3 is 14.6 Å². The molecule has 20 heavy (non-hydrogen) atoms.